The number of rotatable bonds is 5. The highest BCUT2D eigenvalue weighted by Crippen LogP contribution is 2.21. The summed E-state index contributed by atoms with van der Waals surface area (Å²) < 4.78 is 0. The normalized spacial score (nSPS) is 11.3. The Morgan fingerprint density at radius 3 is 2.50 bits per heavy atom. The van der Waals surface area contributed by atoms with Gasteiger partial charge in [0.15, 0.2) is 0 Å². The van der Waals surface area contributed by atoms with Gasteiger partial charge in [-0.3, -0.25) is 4.79 Å². The molecule has 0 bridgehead atoms. The van der Waals surface area contributed by atoms with Crippen LogP contribution >= 0.6 is 0 Å². The van der Waals surface area contributed by atoms with E-state index in [1.165, 1.54) is 0 Å². The van der Waals surface area contributed by atoms with Crippen molar-refractivity contribution in [3.05, 3.63) is 29.3 Å². The maximum absolute atomic E-state index is 12.2. The summed E-state index contributed by atoms with van der Waals surface area (Å²) in [5, 5.41) is 12.6. The maximum atomic E-state index is 12.2. The topological polar surface area (TPSA) is 75.3 Å². The van der Waals surface area contributed by atoms with Crippen LogP contribution in [0, 0.1) is 6.92 Å². The van der Waals surface area contributed by atoms with Crippen LogP contribution in [0.5, 0.6) is 5.75 Å². The number of carbonyl (C=O) groups is 1. The molecule has 0 spiro atoms. The van der Waals surface area contributed by atoms with Crippen LogP contribution < -0.4 is 11.1 Å². The average Bonchev–Trinajstić information content (AvgIpc) is 2.39. The minimum absolute atomic E-state index is 0.133. The van der Waals surface area contributed by atoms with Crippen molar-refractivity contribution in [2.75, 3.05) is 6.54 Å². The van der Waals surface area contributed by atoms with Gasteiger partial charge in [-0.25, -0.2) is 0 Å². The monoisotopic (exact) mass is 250 g/mol. The fourth-order valence-electron chi connectivity index (χ4n) is 1.94. The largest absolute Gasteiger partial charge is 0.508 e. The van der Waals surface area contributed by atoms with Crippen molar-refractivity contribution in [3.8, 4) is 5.75 Å². The Bertz CT molecular complexity index is 418. The van der Waals surface area contributed by atoms with Crippen molar-refractivity contribution >= 4 is 5.91 Å². The Hall–Kier alpha value is -1.55. The predicted molar refractivity (Wildman–Crippen MR) is 72.7 cm³/mol. The molecule has 1 aromatic carbocycles. The molecule has 4 nitrogen and oxygen atoms in total. The highest BCUT2D eigenvalue weighted by atomic mass is 16.3. The quantitative estimate of drug-likeness (QED) is 0.747. The number of phenols is 1. The first-order valence-electron chi connectivity index (χ1n) is 6.30. The molecule has 0 fully saturated rings. The van der Waals surface area contributed by atoms with Crippen LogP contribution in [0.15, 0.2) is 18.2 Å². The van der Waals surface area contributed by atoms with E-state index in [1.54, 1.807) is 25.1 Å². The molecular formula is C14H22N2O2. The molecule has 1 aromatic rings. The fourth-order valence-corrected chi connectivity index (χ4v) is 1.94. The van der Waals surface area contributed by atoms with E-state index in [2.05, 4.69) is 5.32 Å². The van der Waals surface area contributed by atoms with Crippen LogP contribution in [0.4, 0.5) is 0 Å². The number of benzene rings is 1. The minimum atomic E-state index is -0.366. The smallest absolute Gasteiger partial charge is 0.252 e. The van der Waals surface area contributed by atoms with Gasteiger partial charge in [0.2, 0.25) is 0 Å². The third-order valence-electron chi connectivity index (χ3n) is 3.67. The van der Waals surface area contributed by atoms with Crippen LogP contribution in [0.25, 0.3) is 0 Å². The summed E-state index contributed by atoms with van der Waals surface area (Å²) in [5.41, 5.74) is 6.48. The Kier molecular flexibility index (Phi) is 4.73. The number of nitrogens with two attached hydrogens (primary N) is 1. The average molecular weight is 250 g/mol. The van der Waals surface area contributed by atoms with Crippen molar-refractivity contribution in [2.45, 2.75) is 39.2 Å². The summed E-state index contributed by atoms with van der Waals surface area (Å²) in [4.78, 5) is 12.2. The number of aromatic hydroxyl groups is 1. The SMILES string of the molecule is CCC(CC)(CN)NC(=O)c1cccc(O)c1C. The minimum Gasteiger partial charge on any atom is -0.508 e. The molecule has 0 saturated carbocycles. The molecule has 0 atom stereocenters. The second kappa shape index (κ2) is 5.87. The lowest BCUT2D eigenvalue weighted by Crippen LogP contribution is -2.53. The van der Waals surface area contributed by atoms with Crippen LogP contribution in [-0.4, -0.2) is 23.1 Å². The van der Waals surface area contributed by atoms with E-state index >= 15 is 0 Å². The molecule has 4 N–H and O–H groups in total. The molecule has 0 aliphatic carbocycles. The van der Waals surface area contributed by atoms with Gasteiger partial charge in [0.05, 0.1) is 5.54 Å². The molecule has 0 aliphatic rings. The van der Waals surface area contributed by atoms with Crippen LogP contribution in [0.2, 0.25) is 0 Å². The molecule has 0 saturated heterocycles. The zero-order valence-electron chi connectivity index (χ0n) is 11.3. The number of hydrogen-bond donors (Lipinski definition) is 3. The first-order chi connectivity index (χ1) is 8.49. The summed E-state index contributed by atoms with van der Waals surface area (Å²) in [6.07, 6.45) is 1.56. The highest BCUT2D eigenvalue weighted by Gasteiger charge is 2.27. The number of phenolic OH excluding ortho intramolecular Hbond substituents is 1. The van der Waals surface area contributed by atoms with E-state index in [-0.39, 0.29) is 17.2 Å². The molecule has 0 radical (unpaired) electrons. The van der Waals surface area contributed by atoms with E-state index in [9.17, 15) is 9.90 Å². The molecule has 1 amide bonds. The molecule has 0 aromatic heterocycles. The lowest BCUT2D eigenvalue weighted by molar-refractivity contribution is 0.0894. The van der Waals surface area contributed by atoms with Gasteiger partial charge in [-0.2, -0.15) is 0 Å². The Labute approximate surface area is 108 Å². The van der Waals surface area contributed by atoms with Crippen molar-refractivity contribution in [2.24, 2.45) is 5.73 Å². The number of hydrogen-bond acceptors (Lipinski definition) is 3. The molecule has 1 rings (SSSR count). The Balaban J connectivity index is 2.98. The highest BCUT2D eigenvalue weighted by molar-refractivity contribution is 5.96. The number of amides is 1. The maximum Gasteiger partial charge on any atom is 0.252 e. The lowest BCUT2D eigenvalue weighted by Gasteiger charge is -2.31. The zero-order chi connectivity index (χ0) is 13.8. The Morgan fingerprint density at radius 2 is 2.00 bits per heavy atom. The van der Waals surface area contributed by atoms with Gasteiger partial charge in [-0.05, 0) is 31.9 Å². The van der Waals surface area contributed by atoms with E-state index in [1.807, 2.05) is 13.8 Å². The molecule has 100 valence electrons. The fraction of sp³-hybridized carbons (Fsp3) is 0.500. The first kappa shape index (κ1) is 14.5. The third kappa shape index (κ3) is 2.82. The molecule has 4 heteroatoms. The van der Waals surface area contributed by atoms with Gasteiger partial charge in [0.1, 0.15) is 5.75 Å². The zero-order valence-corrected chi connectivity index (χ0v) is 11.3. The third-order valence-corrected chi connectivity index (χ3v) is 3.67. The van der Waals surface area contributed by atoms with Gasteiger partial charge < -0.3 is 16.2 Å². The molecule has 18 heavy (non-hydrogen) atoms. The van der Waals surface area contributed by atoms with Gasteiger partial charge in [0, 0.05) is 17.7 Å². The standard InChI is InChI=1S/C14H22N2O2/c1-4-14(5-2,9-15)16-13(18)11-7-6-8-12(17)10(11)3/h6-8,17H,4-5,9,15H2,1-3H3,(H,16,18). The summed E-state index contributed by atoms with van der Waals surface area (Å²) in [6, 6.07) is 4.94. The van der Waals surface area contributed by atoms with Crippen molar-refractivity contribution in [1.82, 2.24) is 5.32 Å². The van der Waals surface area contributed by atoms with Crippen LogP contribution in [0.3, 0.4) is 0 Å². The molecule has 0 heterocycles. The second-order valence-electron chi connectivity index (χ2n) is 4.60. The summed E-state index contributed by atoms with van der Waals surface area (Å²) in [5.74, 6) is -0.0495. The van der Waals surface area contributed by atoms with Gasteiger partial charge >= 0.3 is 0 Å². The van der Waals surface area contributed by atoms with Crippen molar-refractivity contribution < 1.29 is 9.90 Å². The van der Waals surface area contributed by atoms with Crippen molar-refractivity contribution in [3.63, 3.8) is 0 Å². The molecule has 0 unspecified atom stereocenters. The van der Waals surface area contributed by atoms with E-state index in [4.69, 9.17) is 5.73 Å². The predicted octanol–water partition coefficient (Wildman–Crippen LogP) is 1.95. The summed E-state index contributed by atoms with van der Waals surface area (Å²) in [7, 11) is 0. The summed E-state index contributed by atoms with van der Waals surface area (Å²) in [6.45, 7) is 6.15. The number of nitrogens with one attached hydrogen (secondary N) is 1. The van der Waals surface area contributed by atoms with Gasteiger partial charge in [-0.15, -0.1) is 0 Å². The Morgan fingerprint density at radius 1 is 1.39 bits per heavy atom. The number of carbonyl (C=O) groups excluding carboxylic acids is 1. The van der Waals surface area contributed by atoms with Crippen LogP contribution in [-0.2, 0) is 0 Å². The lowest BCUT2D eigenvalue weighted by atomic mass is 9.92. The van der Waals surface area contributed by atoms with Gasteiger partial charge in [-0.1, -0.05) is 19.9 Å². The second-order valence-corrected chi connectivity index (χ2v) is 4.60. The molecule has 0 aliphatic heterocycles. The summed E-state index contributed by atoms with van der Waals surface area (Å²) >= 11 is 0. The van der Waals surface area contributed by atoms with E-state index < -0.39 is 0 Å². The molecular weight excluding hydrogens is 228 g/mol. The first-order valence-corrected chi connectivity index (χ1v) is 6.30. The van der Waals surface area contributed by atoms with Crippen LogP contribution in [0.1, 0.15) is 42.6 Å². The van der Waals surface area contributed by atoms with E-state index in [0.29, 0.717) is 17.7 Å². The van der Waals surface area contributed by atoms with E-state index in [0.717, 1.165) is 12.8 Å². The van der Waals surface area contributed by atoms with Crippen molar-refractivity contribution in [1.29, 1.82) is 0 Å². The van der Waals surface area contributed by atoms with Gasteiger partial charge in [0.25, 0.3) is 5.91 Å².